The number of furan rings is 1. The molecule has 0 aliphatic carbocycles. The topological polar surface area (TPSA) is 320 Å². The van der Waals surface area contributed by atoms with E-state index in [0.717, 1.165) is 0 Å². The Kier molecular flexibility index (Phi) is 11.3. The van der Waals surface area contributed by atoms with Crippen LogP contribution in [0.1, 0.15) is 19.1 Å². The van der Waals surface area contributed by atoms with E-state index in [2.05, 4.69) is 23.9 Å². The van der Waals surface area contributed by atoms with Crippen molar-refractivity contribution in [2.75, 3.05) is 12.3 Å². The highest BCUT2D eigenvalue weighted by Gasteiger charge is 2.45. The smallest absolute Gasteiger partial charge is 0.469 e. The number of aliphatic hydroxyl groups is 2. The number of phosphoric acid groups is 1. The van der Waals surface area contributed by atoms with E-state index in [1.54, 1.807) is 6.07 Å². The Labute approximate surface area is 218 Å². The number of carboxylic acids is 2. The third-order valence-corrected chi connectivity index (χ3v) is 5.38. The number of carboxylic acid groups (broad SMARTS) is 2. The molecule has 0 spiro atoms. The zero-order valence-corrected chi connectivity index (χ0v) is 20.8. The van der Waals surface area contributed by atoms with E-state index in [0.29, 0.717) is 5.52 Å². The Bertz CT molecular complexity index is 1270. The number of hydrogen-bond acceptors (Lipinski definition) is 14. The maximum atomic E-state index is 10.7. The molecule has 19 nitrogen and oxygen atoms in total. The van der Waals surface area contributed by atoms with Crippen LogP contribution in [0.25, 0.3) is 11.2 Å². The van der Waals surface area contributed by atoms with E-state index in [1.165, 1.54) is 29.6 Å². The Morgan fingerprint density at radius 3 is 2.38 bits per heavy atom. The van der Waals surface area contributed by atoms with Gasteiger partial charge in [0.25, 0.3) is 5.95 Å². The first kappa shape index (κ1) is 31.5. The van der Waals surface area contributed by atoms with E-state index >= 15 is 0 Å². The number of phosphoric ester groups is 1. The number of anilines is 1. The molecule has 1 aliphatic heterocycles. The minimum absolute atomic E-state index is 0.0231. The summed E-state index contributed by atoms with van der Waals surface area (Å²) in [5.41, 5.74) is 11.3. The normalized spacial score (nSPS) is 21.4. The van der Waals surface area contributed by atoms with Crippen LogP contribution in [0.4, 0.5) is 5.82 Å². The molecule has 0 aromatic carbocycles. The Balaban J connectivity index is 0.000000274. The molecule has 1 fully saturated rings. The van der Waals surface area contributed by atoms with E-state index in [9.17, 15) is 24.4 Å². The van der Waals surface area contributed by atoms with Crippen molar-refractivity contribution in [2.45, 2.75) is 43.4 Å². The van der Waals surface area contributed by atoms with Crippen LogP contribution >= 0.6 is 7.82 Å². The fourth-order valence-corrected chi connectivity index (χ4v) is 3.34. The van der Waals surface area contributed by atoms with Crippen LogP contribution in [0.3, 0.4) is 0 Å². The molecule has 1 saturated heterocycles. The molecule has 216 valence electrons. The largest absolute Gasteiger partial charge is 0.481 e. The van der Waals surface area contributed by atoms with Crippen LogP contribution in [0.2, 0.25) is 0 Å². The van der Waals surface area contributed by atoms with Gasteiger partial charge in [-0.3, -0.25) is 18.7 Å². The summed E-state index contributed by atoms with van der Waals surface area (Å²) in [5.74, 6) is -2.09. The first-order valence-corrected chi connectivity index (χ1v) is 12.3. The first-order chi connectivity index (χ1) is 18.2. The Hall–Kier alpha value is -3.68. The predicted octanol–water partition coefficient (Wildman–Crippen LogP) is -1.61. The number of fused-ring (bicyclic) bond motifs is 1. The average molecular weight is 578 g/mol. The van der Waals surface area contributed by atoms with E-state index < -0.39 is 56.9 Å². The lowest BCUT2D eigenvalue weighted by molar-refractivity contribution is -0.139. The summed E-state index contributed by atoms with van der Waals surface area (Å²) in [6.45, 7) is -0.594. The first-order valence-electron chi connectivity index (χ1n) is 10.8. The summed E-state index contributed by atoms with van der Waals surface area (Å²) in [4.78, 5) is 49.1. The number of aliphatic hydroxyl groups excluding tert-OH is 2. The maximum absolute atomic E-state index is 10.7. The van der Waals surface area contributed by atoms with Crippen molar-refractivity contribution in [1.82, 2.24) is 19.5 Å². The molecule has 4 heterocycles. The van der Waals surface area contributed by atoms with Crippen LogP contribution in [0, 0.1) is 0 Å². The SMILES string of the molecule is NC(CCC(=O)O)C(=O)O.Nc1ncnc2c1ncn2[C@@H]1O[C@H](COP(=O)(O)O)[C@@H](O)[C@H]1O.Oc1ccco1. The number of ether oxygens (including phenoxy) is 1. The molecule has 4 rings (SSSR count). The number of imidazole rings is 1. The molecular weight excluding hydrogens is 551 g/mol. The highest BCUT2D eigenvalue weighted by atomic mass is 31.2. The minimum atomic E-state index is -4.72. The van der Waals surface area contributed by atoms with Crippen molar-refractivity contribution >= 4 is 36.7 Å². The highest BCUT2D eigenvalue weighted by Crippen LogP contribution is 2.38. The zero-order chi connectivity index (χ0) is 29.3. The van der Waals surface area contributed by atoms with Gasteiger partial charge < -0.3 is 55.9 Å². The number of carbonyl (C=O) groups is 2. The van der Waals surface area contributed by atoms with Gasteiger partial charge in [0.15, 0.2) is 17.7 Å². The monoisotopic (exact) mass is 578 g/mol. The van der Waals surface area contributed by atoms with Crippen LogP contribution in [-0.4, -0.2) is 97.7 Å². The predicted molar refractivity (Wildman–Crippen MR) is 127 cm³/mol. The number of nitrogen functional groups attached to an aromatic ring is 1. The third-order valence-electron chi connectivity index (χ3n) is 4.90. The van der Waals surface area contributed by atoms with Gasteiger partial charge in [-0.1, -0.05) is 0 Å². The van der Waals surface area contributed by atoms with Crippen molar-refractivity contribution in [3.8, 4) is 5.95 Å². The molecule has 11 N–H and O–H groups in total. The lowest BCUT2D eigenvalue weighted by atomic mass is 10.1. The van der Waals surface area contributed by atoms with E-state index in [4.69, 9.17) is 41.3 Å². The summed E-state index contributed by atoms with van der Waals surface area (Å²) < 4.78 is 26.2. The van der Waals surface area contributed by atoms with Crippen LogP contribution in [0.5, 0.6) is 5.95 Å². The number of rotatable bonds is 8. The molecule has 5 atom stereocenters. The van der Waals surface area contributed by atoms with Gasteiger partial charge in [-0.15, -0.1) is 0 Å². The summed E-state index contributed by atoms with van der Waals surface area (Å²) >= 11 is 0. The van der Waals surface area contributed by atoms with Crippen molar-refractivity contribution in [2.24, 2.45) is 5.73 Å². The van der Waals surface area contributed by atoms with E-state index in [1.807, 2.05) is 0 Å². The summed E-state index contributed by atoms with van der Waals surface area (Å²) in [7, 11) is -4.72. The fraction of sp³-hybridized carbons (Fsp3) is 0.421. The standard InChI is InChI=1S/C10H14N5O7P.C5H9NO4.C4H4O2/c11-8-5-9(13-2-12-8)15(3-14-5)10-7(17)6(16)4(22-10)1-21-23(18,19)20;6-3(5(9)10)1-2-4(7)8;5-4-2-1-3-6-4/h2-4,6-7,10,16-17H,1H2,(H2,11,12,13)(H2,18,19,20);3H,1-2,6H2,(H,7,8)(H,9,10);1-3,5H/t4-,6-,7-,10-;;/m1../s1. The molecule has 20 heteroatoms. The average Bonchev–Trinajstić information content (AvgIpc) is 3.57. The van der Waals surface area contributed by atoms with Gasteiger partial charge in [0.2, 0.25) is 0 Å². The number of aliphatic carboxylic acids is 2. The van der Waals surface area contributed by atoms with Crippen molar-refractivity contribution < 1.29 is 63.2 Å². The Morgan fingerprint density at radius 2 is 1.87 bits per heavy atom. The summed E-state index contributed by atoms with van der Waals surface area (Å²) in [6, 6.07) is 2.03. The molecule has 0 bridgehead atoms. The van der Waals surface area contributed by atoms with Crippen LogP contribution in [-0.2, 0) is 23.4 Å². The molecular formula is C19H27N6O13P. The number of nitrogens with two attached hydrogens (primary N) is 2. The molecule has 0 saturated carbocycles. The lowest BCUT2D eigenvalue weighted by Gasteiger charge is -2.16. The lowest BCUT2D eigenvalue weighted by Crippen LogP contribution is -2.33. The highest BCUT2D eigenvalue weighted by molar-refractivity contribution is 7.46. The summed E-state index contributed by atoms with van der Waals surface area (Å²) in [6.07, 6.45) is -1.30. The quantitative estimate of drug-likeness (QED) is 0.136. The number of nitrogens with zero attached hydrogens (tertiary/aromatic N) is 4. The van der Waals surface area contributed by atoms with Crippen LogP contribution in [0.15, 0.2) is 35.5 Å². The minimum Gasteiger partial charge on any atom is -0.481 e. The second kappa shape index (κ2) is 13.9. The van der Waals surface area contributed by atoms with Crippen molar-refractivity contribution in [1.29, 1.82) is 0 Å². The molecule has 3 aromatic heterocycles. The molecule has 1 unspecified atom stereocenters. The van der Waals surface area contributed by atoms with Gasteiger partial charge in [-0.25, -0.2) is 19.5 Å². The van der Waals surface area contributed by atoms with Crippen molar-refractivity contribution in [3.05, 3.63) is 31.1 Å². The van der Waals surface area contributed by atoms with Gasteiger partial charge >= 0.3 is 19.8 Å². The third kappa shape index (κ3) is 9.53. The number of aromatic nitrogens is 4. The zero-order valence-electron chi connectivity index (χ0n) is 19.9. The maximum Gasteiger partial charge on any atom is 0.469 e. The second-order valence-electron chi connectivity index (χ2n) is 7.74. The molecule has 0 amide bonds. The van der Waals surface area contributed by atoms with Crippen molar-refractivity contribution in [3.63, 3.8) is 0 Å². The number of hydrogen-bond donors (Lipinski definition) is 9. The Morgan fingerprint density at radius 1 is 1.18 bits per heavy atom. The van der Waals surface area contributed by atoms with Gasteiger partial charge in [-0.2, -0.15) is 0 Å². The molecule has 3 aromatic rings. The van der Waals surface area contributed by atoms with Gasteiger partial charge in [0.05, 0.1) is 19.2 Å². The molecule has 1 aliphatic rings. The number of aromatic hydroxyl groups is 1. The molecule has 0 radical (unpaired) electrons. The van der Waals surface area contributed by atoms with E-state index in [-0.39, 0.29) is 30.3 Å². The van der Waals surface area contributed by atoms with Gasteiger partial charge in [0, 0.05) is 12.5 Å². The molecule has 39 heavy (non-hydrogen) atoms. The van der Waals surface area contributed by atoms with Gasteiger partial charge in [0.1, 0.15) is 36.2 Å². The summed E-state index contributed by atoms with van der Waals surface area (Å²) in [5, 5.41) is 44.6. The second-order valence-corrected chi connectivity index (χ2v) is 8.98. The fourth-order valence-electron chi connectivity index (χ4n) is 3.00. The van der Waals surface area contributed by atoms with Gasteiger partial charge in [-0.05, 0) is 12.5 Å². The van der Waals surface area contributed by atoms with Crippen LogP contribution < -0.4 is 11.5 Å².